The van der Waals surface area contributed by atoms with Gasteiger partial charge >= 0.3 is 6.18 Å². The maximum absolute atomic E-state index is 13.6. The Morgan fingerprint density at radius 2 is 1.80 bits per heavy atom. The predicted octanol–water partition coefficient (Wildman–Crippen LogP) is 4.40. The molecule has 0 fully saturated rings. The van der Waals surface area contributed by atoms with Crippen LogP contribution in [0.5, 0.6) is 0 Å². The third-order valence-electron chi connectivity index (χ3n) is 2.15. The molecule has 1 aromatic rings. The Balaban J connectivity index is 3.42. The molecular formula is C12H12BrF4NOS. The van der Waals surface area contributed by atoms with E-state index in [0.717, 1.165) is 12.1 Å². The largest absolute Gasteiger partial charge is 0.591 e. The smallest absolute Gasteiger partial charge is 0.438 e. The van der Waals surface area contributed by atoms with Gasteiger partial charge in [-0.1, -0.05) is 20.3 Å². The van der Waals surface area contributed by atoms with Crippen LogP contribution in [0.4, 0.5) is 17.6 Å². The fourth-order valence-electron chi connectivity index (χ4n) is 1.15. The van der Waals surface area contributed by atoms with Crippen LogP contribution in [-0.2, 0) is 11.4 Å². The van der Waals surface area contributed by atoms with E-state index >= 15 is 0 Å². The lowest BCUT2D eigenvalue weighted by atomic mass is 10.1. The number of rotatable bonds is 2. The van der Waals surface area contributed by atoms with Crippen LogP contribution in [0.3, 0.4) is 0 Å². The van der Waals surface area contributed by atoms with Gasteiger partial charge in [-0.15, -0.1) is 0 Å². The van der Waals surface area contributed by atoms with Crippen molar-refractivity contribution >= 4 is 33.0 Å². The average Bonchev–Trinajstić information content (AvgIpc) is 2.26. The van der Waals surface area contributed by atoms with Gasteiger partial charge in [0.05, 0.1) is 0 Å². The summed E-state index contributed by atoms with van der Waals surface area (Å²) in [4.78, 5) is 0. The van der Waals surface area contributed by atoms with Gasteiger partial charge in [0.25, 0.3) is 0 Å². The van der Waals surface area contributed by atoms with E-state index in [4.69, 9.17) is 0 Å². The van der Waals surface area contributed by atoms with Gasteiger partial charge in [-0.05, 0) is 39.0 Å². The van der Waals surface area contributed by atoms with Crippen LogP contribution in [0.25, 0.3) is 0 Å². The second-order valence-electron chi connectivity index (χ2n) is 4.92. The summed E-state index contributed by atoms with van der Waals surface area (Å²) in [7, 11) is 0. The quantitative estimate of drug-likeness (QED) is 0.429. The SMILES string of the molecule is CC(C)(C)[S@@+]([O-])N=C(c1cc(Br)ccc1F)C(F)(F)F. The molecule has 112 valence electrons. The van der Waals surface area contributed by atoms with Crippen LogP contribution >= 0.6 is 15.9 Å². The molecule has 0 saturated carbocycles. The molecule has 0 spiro atoms. The molecule has 0 saturated heterocycles. The van der Waals surface area contributed by atoms with E-state index in [0.29, 0.717) is 0 Å². The first-order valence-electron chi connectivity index (χ1n) is 5.46. The van der Waals surface area contributed by atoms with Crippen LogP contribution < -0.4 is 0 Å². The summed E-state index contributed by atoms with van der Waals surface area (Å²) in [6.45, 7) is 4.45. The third kappa shape index (κ3) is 4.46. The average molecular weight is 374 g/mol. The van der Waals surface area contributed by atoms with Crippen LogP contribution in [0.15, 0.2) is 27.1 Å². The lowest BCUT2D eigenvalue weighted by molar-refractivity contribution is -0.0580. The van der Waals surface area contributed by atoms with Crippen molar-refractivity contribution in [2.24, 2.45) is 4.40 Å². The molecule has 0 amide bonds. The van der Waals surface area contributed by atoms with Gasteiger partial charge in [0.15, 0.2) is 0 Å². The van der Waals surface area contributed by atoms with Crippen molar-refractivity contribution in [3.63, 3.8) is 0 Å². The predicted molar refractivity (Wildman–Crippen MR) is 74.6 cm³/mol. The van der Waals surface area contributed by atoms with Gasteiger partial charge < -0.3 is 4.55 Å². The molecule has 0 unspecified atom stereocenters. The summed E-state index contributed by atoms with van der Waals surface area (Å²) in [6, 6.07) is 3.12. The second-order valence-corrected chi connectivity index (χ2v) is 7.74. The van der Waals surface area contributed by atoms with Crippen LogP contribution in [0.1, 0.15) is 26.3 Å². The summed E-state index contributed by atoms with van der Waals surface area (Å²) in [5.41, 5.74) is -2.21. The fraction of sp³-hybridized carbons (Fsp3) is 0.417. The van der Waals surface area contributed by atoms with Gasteiger partial charge in [0.1, 0.15) is 21.9 Å². The van der Waals surface area contributed by atoms with Crippen molar-refractivity contribution in [3.8, 4) is 0 Å². The second kappa shape index (κ2) is 6.03. The number of hydrogen-bond donors (Lipinski definition) is 0. The molecule has 0 heterocycles. The molecular weight excluding hydrogens is 362 g/mol. The standard InChI is InChI=1S/C12H12BrF4NOS/c1-11(2,3)20(19)18-10(12(15,16)17)8-6-7(13)4-5-9(8)14/h4-6H,1-3H3/t20-/m1/s1. The molecule has 0 N–H and O–H groups in total. The van der Waals surface area contributed by atoms with Crippen molar-refractivity contribution in [2.45, 2.75) is 31.7 Å². The topological polar surface area (TPSA) is 35.4 Å². The molecule has 0 radical (unpaired) electrons. The van der Waals surface area contributed by atoms with Crippen molar-refractivity contribution in [1.82, 2.24) is 0 Å². The Bertz CT molecular complexity index is 525. The van der Waals surface area contributed by atoms with Crippen LogP contribution in [-0.4, -0.2) is 21.2 Å². The fourth-order valence-corrected chi connectivity index (χ4v) is 2.16. The number of hydrogen-bond acceptors (Lipinski definition) is 2. The lowest BCUT2D eigenvalue weighted by Gasteiger charge is -2.20. The zero-order chi connectivity index (χ0) is 15.7. The first kappa shape index (κ1) is 17.5. The summed E-state index contributed by atoms with van der Waals surface area (Å²) in [6.07, 6.45) is -4.90. The Hall–Kier alpha value is -0.600. The highest BCUT2D eigenvalue weighted by Crippen LogP contribution is 2.29. The minimum absolute atomic E-state index is 0.271. The zero-order valence-electron chi connectivity index (χ0n) is 10.9. The van der Waals surface area contributed by atoms with E-state index in [-0.39, 0.29) is 4.47 Å². The molecule has 1 atom stereocenters. The van der Waals surface area contributed by atoms with E-state index in [9.17, 15) is 22.1 Å². The first-order valence-corrected chi connectivity index (χ1v) is 7.36. The van der Waals surface area contributed by atoms with Gasteiger partial charge in [0, 0.05) is 10.0 Å². The first-order chi connectivity index (χ1) is 8.93. The highest BCUT2D eigenvalue weighted by atomic mass is 79.9. The van der Waals surface area contributed by atoms with E-state index in [2.05, 4.69) is 20.3 Å². The number of alkyl halides is 3. The zero-order valence-corrected chi connectivity index (χ0v) is 13.3. The van der Waals surface area contributed by atoms with Gasteiger partial charge in [-0.25, -0.2) is 4.39 Å². The molecule has 0 aromatic heterocycles. The van der Waals surface area contributed by atoms with Gasteiger partial charge in [-0.2, -0.15) is 13.2 Å². The summed E-state index contributed by atoms with van der Waals surface area (Å²) >= 11 is 0.829. The van der Waals surface area contributed by atoms with Crippen molar-refractivity contribution in [2.75, 3.05) is 0 Å². The van der Waals surface area contributed by atoms with Crippen LogP contribution in [0.2, 0.25) is 0 Å². The number of benzene rings is 1. The number of nitrogens with zero attached hydrogens (tertiary/aromatic N) is 1. The lowest BCUT2D eigenvalue weighted by Crippen LogP contribution is -2.32. The van der Waals surface area contributed by atoms with E-state index in [1.807, 2.05) is 0 Å². The van der Waals surface area contributed by atoms with E-state index in [1.54, 1.807) is 0 Å². The Morgan fingerprint density at radius 1 is 1.25 bits per heavy atom. The van der Waals surface area contributed by atoms with Crippen molar-refractivity contribution < 1.29 is 22.1 Å². The summed E-state index contributed by atoms with van der Waals surface area (Å²) in [5, 5.41) is 0. The Labute approximate surface area is 125 Å². The third-order valence-corrected chi connectivity index (χ3v) is 4.04. The minimum atomic E-state index is -4.90. The molecule has 1 rings (SSSR count). The van der Waals surface area contributed by atoms with E-state index < -0.39 is 39.4 Å². The molecule has 0 aliphatic heterocycles. The van der Waals surface area contributed by atoms with Gasteiger partial charge in [-0.3, -0.25) is 0 Å². The molecule has 2 nitrogen and oxygen atoms in total. The Morgan fingerprint density at radius 3 is 2.25 bits per heavy atom. The van der Waals surface area contributed by atoms with Crippen LogP contribution in [0, 0.1) is 5.82 Å². The Kier molecular flexibility index (Phi) is 5.26. The minimum Gasteiger partial charge on any atom is -0.591 e. The maximum Gasteiger partial charge on any atom is 0.438 e. The summed E-state index contributed by atoms with van der Waals surface area (Å²) < 4.78 is 66.9. The summed E-state index contributed by atoms with van der Waals surface area (Å²) in [5.74, 6) is -1.07. The van der Waals surface area contributed by atoms with Crippen molar-refractivity contribution in [3.05, 3.63) is 34.1 Å². The highest BCUT2D eigenvalue weighted by Gasteiger charge is 2.42. The van der Waals surface area contributed by atoms with Gasteiger partial charge in [0.2, 0.25) is 5.71 Å². The maximum atomic E-state index is 13.6. The van der Waals surface area contributed by atoms with Crippen molar-refractivity contribution in [1.29, 1.82) is 0 Å². The highest BCUT2D eigenvalue weighted by molar-refractivity contribution is 9.10. The molecule has 1 aromatic carbocycles. The molecule has 0 aliphatic carbocycles. The molecule has 20 heavy (non-hydrogen) atoms. The normalized spacial score (nSPS) is 15.3. The monoisotopic (exact) mass is 373 g/mol. The molecule has 0 bridgehead atoms. The number of halogens is 5. The van der Waals surface area contributed by atoms with E-state index in [1.165, 1.54) is 26.8 Å². The molecule has 0 aliphatic rings. The molecule has 8 heteroatoms.